The van der Waals surface area contributed by atoms with Crippen LogP contribution < -0.4 is 14.8 Å². The minimum atomic E-state index is -0.169. The fourth-order valence-corrected chi connectivity index (χ4v) is 3.73. The van der Waals surface area contributed by atoms with E-state index in [4.69, 9.17) is 13.9 Å². The standard InChI is InChI=1S/C25H26N2O5/c1-30-23-15-19(7-8-22(23)32-16-18-5-3-2-4-6-18)24(28)26-21-9-12-27(13-10-21)25(29)20-11-14-31-17-20/h2-8,11,14-15,17,21H,9-10,12-13,16H2,1H3,(H,26,28). The van der Waals surface area contributed by atoms with Crippen LogP contribution in [0.15, 0.2) is 71.5 Å². The van der Waals surface area contributed by atoms with Gasteiger partial charge in [0.1, 0.15) is 12.9 Å². The number of piperidine rings is 1. The highest BCUT2D eigenvalue weighted by Crippen LogP contribution is 2.29. The van der Waals surface area contributed by atoms with Crippen LogP contribution in [-0.4, -0.2) is 43.0 Å². The fourth-order valence-electron chi connectivity index (χ4n) is 3.73. The molecule has 0 atom stereocenters. The smallest absolute Gasteiger partial charge is 0.257 e. The lowest BCUT2D eigenvalue weighted by Gasteiger charge is -2.32. The molecule has 2 heterocycles. The normalized spacial score (nSPS) is 14.1. The van der Waals surface area contributed by atoms with E-state index < -0.39 is 0 Å². The molecular formula is C25H26N2O5. The Kier molecular flexibility index (Phi) is 6.75. The van der Waals surface area contributed by atoms with Gasteiger partial charge in [-0.2, -0.15) is 0 Å². The molecule has 1 fully saturated rings. The number of benzene rings is 2. The van der Waals surface area contributed by atoms with Crippen LogP contribution in [-0.2, 0) is 6.61 Å². The van der Waals surface area contributed by atoms with E-state index >= 15 is 0 Å². The number of ether oxygens (including phenoxy) is 2. The average molecular weight is 434 g/mol. The fraction of sp³-hybridized carbons (Fsp3) is 0.280. The van der Waals surface area contributed by atoms with Gasteiger partial charge < -0.3 is 24.1 Å². The molecule has 7 nitrogen and oxygen atoms in total. The molecule has 1 aliphatic rings. The number of likely N-dealkylation sites (tertiary alicyclic amines) is 1. The van der Waals surface area contributed by atoms with Crippen molar-refractivity contribution in [1.29, 1.82) is 0 Å². The van der Waals surface area contributed by atoms with Crippen LogP contribution in [0, 0.1) is 0 Å². The Bertz CT molecular complexity index is 1040. The Balaban J connectivity index is 1.32. The number of hydrogen-bond donors (Lipinski definition) is 1. The number of methoxy groups -OCH3 is 1. The van der Waals surface area contributed by atoms with E-state index in [0.29, 0.717) is 55.2 Å². The molecule has 0 saturated carbocycles. The molecule has 0 radical (unpaired) electrons. The molecule has 1 saturated heterocycles. The summed E-state index contributed by atoms with van der Waals surface area (Å²) in [6, 6.07) is 16.7. The number of amides is 2. The van der Waals surface area contributed by atoms with Crippen LogP contribution in [0.25, 0.3) is 0 Å². The van der Waals surface area contributed by atoms with Crippen LogP contribution in [0.5, 0.6) is 11.5 Å². The zero-order valence-electron chi connectivity index (χ0n) is 18.0. The summed E-state index contributed by atoms with van der Waals surface area (Å²) in [5.41, 5.74) is 2.11. The quantitative estimate of drug-likeness (QED) is 0.610. The van der Waals surface area contributed by atoms with Crippen LogP contribution in [0.2, 0.25) is 0 Å². The van der Waals surface area contributed by atoms with Crippen molar-refractivity contribution in [3.63, 3.8) is 0 Å². The third-order valence-electron chi connectivity index (χ3n) is 5.55. The van der Waals surface area contributed by atoms with Gasteiger partial charge in [-0.25, -0.2) is 0 Å². The van der Waals surface area contributed by atoms with Gasteiger partial charge in [0, 0.05) is 24.7 Å². The van der Waals surface area contributed by atoms with Crippen molar-refractivity contribution in [2.75, 3.05) is 20.2 Å². The second kappa shape index (κ2) is 10.0. The van der Waals surface area contributed by atoms with Crippen LogP contribution in [0.4, 0.5) is 0 Å². The molecule has 166 valence electrons. The molecule has 0 spiro atoms. The summed E-state index contributed by atoms with van der Waals surface area (Å²) < 4.78 is 16.3. The van der Waals surface area contributed by atoms with E-state index in [1.54, 1.807) is 36.3 Å². The lowest BCUT2D eigenvalue weighted by molar-refractivity contribution is 0.0697. The first kappa shape index (κ1) is 21.5. The first-order chi connectivity index (χ1) is 15.6. The molecule has 32 heavy (non-hydrogen) atoms. The van der Waals surface area contributed by atoms with E-state index in [-0.39, 0.29) is 17.9 Å². The van der Waals surface area contributed by atoms with E-state index in [0.717, 1.165) is 5.56 Å². The van der Waals surface area contributed by atoms with E-state index in [1.807, 2.05) is 30.3 Å². The molecule has 2 amide bonds. The van der Waals surface area contributed by atoms with E-state index in [1.165, 1.54) is 12.5 Å². The summed E-state index contributed by atoms with van der Waals surface area (Å²) in [6.45, 7) is 1.59. The van der Waals surface area contributed by atoms with Gasteiger partial charge in [0.05, 0.1) is 18.9 Å². The summed E-state index contributed by atoms with van der Waals surface area (Å²) in [5.74, 6) is 0.880. The Labute approximate surface area is 186 Å². The molecule has 4 rings (SSSR count). The summed E-state index contributed by atoms with van der Waals surface area (Å²) in [6.07, 6.45) is 4.35. The van der Waals surface area contributed by atoms with Gasteiger partial charge in [-0.05, 0) is 42.7 Å². The van der Waals surface area contributed by atoms with Crippen molar-refractivity contribution in [1.82, 2.24) is 10.2 Å². The molecule has 7 heteroatoms. The second-order valence-electron chi connectivity index (χ2n) is 7.69. The van der Waals surface area contributed by atoms with Gasteiger partial charge >= 0.3 is 0 Å². The predicted molar refractivity (Wildman–Crippen MR) is 119 cm³/mol. The van der Waals surface area contributed by atoms with E-state index in [9.17, 15) is 9.59 Å². The van der Waals surface area contributed by atoms with Crippen LogP contribution in [0.3, 0.4) is 0 Å². The lowest BCUT2D eigenvalue weighted by atomic mass is 10.0. The number of furan rings is 1. The van der Waals surface area contributed by atoms with Crippen molar-refractivity contribution >= 4 is 11.8 Å². The van der Waals surface area contributed by atoms with Crippen molar-refractivity contribution in [2.45, 2.75) is 25.5 Å². The maximum absolute atomic E-state index is 12.8. The van der Waals surface area contributed by atoms with Crippen molar-refractivity contribution < 1.29 is 23.5 Å². The SMILES string of the molecule is COc1cc(C(=O)NC2CCN(C(=O)c3ccoc3)CC2)ccc1OCc1ccccc1. The molecule has 0 unspecified atom stereocenters. The largest absolute Gasteiger partial charge is 0.493 e. The van der Waals surface area contributed by atoms with Gasteiger partial charge in [0.2, 0.25) is 0 Å². The maximum atomic E-state index is 12.8. The first-order valence-electron chi connectivity index (χ1n) is 10.6. The minimum absolute atomic E-state index is 0.0101. The summed E-state index contributed by atoms with van der Waals surface area (Å²) in [5, 5.41) is 3.07. The van der Waals surface area contributed by atoms with E-state index in [2.05, 4.69) is 5.32 Å². The van der Waals surface area contributed by atoms with Crippen molar-refractivity contribution in [2.24, 2.45) is 0 Å². The van der Waals surface area contributed by atoms with Gasteiger partial charge in [-0.1, -0.05) is 30.3 Å². The highest BCUT2D eigenvalue weighted by Gasteiger charge is 2.25. The maximum Gasteiger partial charge on any atom is 0.257 e. The molecule has 1 N–H and O–H groups in total. The third-order valence-corrected chi connectivity index (χ3v) is 5.55. The number of carbonyl (C=O) groups excluding carboxylic acids is 2. The molecule has 1 aliphatic heterocycles. The summed E-state index contributed by atoms with van der Waals surface area (Å²) in [4.78, 5) is 27.0. The average Bonchev–Trinajstić information content (AvgIpc) is 3.38. The topological polar surface area (TPSA) is 81.0 Å². The Morgan fingerprint density at radius 2 is 1.81 bits per heavy atom. The molecular weight excluding hydrogens is 408 g/mol. The highest BCUT2D eigenvalue weighted by atomic mass is 16.5. The molecule has 2 aromatic carbocycles. The van der Waals surface area contributed by atoms with Gasteiger partial charge in [0.25, 0.3) is 11.8 Å². The molecule has 0 bridgehead atoms. The summed E-state index contributed by atoms with van der Waals surface area (Å²) in [7, 11) is 1.55. The lowest BCUT2D eigenvalue weighted by Crippen LogP contribution is -2.46. The number of nitrogens with zero attached hydrogens (tertiary/aromatic N) is 1. The second-order valence-corrected chi connectivity index (χ2v) is 7.69. The number of nitrogens with one attached hydrogen (secondary N) is 1. The van der Waals surface area contributed by atoms with Crippen LogP contribution in [0.1, 0.15) is 39.1 Å². The number of hydrogen-bond acceptors (Lipinski definition) is 5. The molecule has 0 aliphatic carbocycles. The Morgan fingerprint density at radius 1 is 1.03 bits per heavy atom. The minimum Gasteiger partial charge on any atom is -0.493 e. The summed E-state index contributed by atoms with van der Waals surface area (Å²) >= 11 is 0. The van der Waals surface area contributed by atoms with Crippen molar-refractivity contribution in [3.8, 4) is 11.5 Å². The van der Waals surface area contributed by atoms with Crippen molar-refractivity contribution in [3.05, 3.63) is 83.8 Å². The number of rotatable bonds is 7. The van der Waals surface area contributed by atoms with Gasteiger partial charge in [0.15, 0.2) is 11.5 Å². The molecule has 1 aromatic heterocycles. The Hall–Kier alpha value is -3.74. The Morgan fingerprint density at radius 3 is 2.50 bits per heavy atom. The monoisotopic (exact) mass is 434 g/mol. The predicted octanol–water partition coefficient (Wildman–Crippen LogP) is 3.90. The molecule has 3 aromatic rings. The zero-order valence-corrected chi connectivity index (χ0v) is 18.0. The highest BCUT2D eigenvalue weighted by molar-refractivity contribution is 5.95. The third kappa shape index (κ3) is 5.11. The van der Waals surface area contributed by atoms with Gasteiger partial charge in [-0.3, -0.25) is 9.59 Å². The van der Waals surface area contributed by atoms with Gasteiger partial charge in [-0.15, -0.1) is 0 Å². The zero-order chi connectivity index (χ0) is 22.3. The van der Waals surface area contributed by atoms with Crippen LogP contribution >= 0.6 is 0 Å². The first-order valence-corrected chi connectivity index (χ1v) is 10.6. The number of carbonyl (C=O) groups is 2.